The Morgan fingerprint density at radius 2 is 1.95 bits per heavy atom. The minimum Gasteiger partial charge on any atom is -0.465 e. The highest BCUT2D eigenvalue weighted by Crippen LogP contribution is 2.36. The minimum atomic E-state index is -0.918. The Balaban J connectivity index is 2.33. The molecule has 0 fully saturated rings. The van der Waals surface area contributed by atoms with Crippen molar-refractivity contribution in [1.29, 1.82) is 0 Å². The molecule has 21 heavy (non-hydrogen) atoms. The lowest BCUT2D eigenvalue weighted by atomic mass is 9.78. The molecule has 1 aliphatic rings. The number of fused-ring (bicyclic) bond motifs is 1. The van der Waals surface area contributed by atoms with Crippen molar-refractivity contribution >= 4 is 11.9 Å². The molecule has 0 spiro atoms. The number of carbonyl (C=O) groups is 2. The Morgan fingerprint density at radius 3 is 2.57 bits per heavy atom. The Morgan fingerprint density at radius 1 is 1.29 bits per heavy atom. The minimum absolute atomic E-state index is 0.247. The first-order valence-electron chi connectivity index (χ1n) is 7.46. The van der Waals surface area contributed by atoms with Crippen molar-refractivity contribution in [2.24, 2.45) is 5.92 Å². The maximum Gasteiger partial charge on any atom is 0.321 e. The molecule has 0 saturated heterocycles. The van der Waals surface area contributed by atoms with E-state index in [1.807, 2.05) is 12.1 Å². The number of rotatable bonds is 5. The van der Waals surface area contributed by atoms with E-state index in [1.165, 1.54) is 0 Å². The summed E-state index contributed by atoms with van der Waals surface area (Å²) in [6.07, 6.45) is 4.30. The summed E-state index contributed by atoms with van der Waals surface area (Å²) in [5.41, 5.74) is 1.93. The van der Waals surface area contributed by atoms with E-state index in [1.54, 1.807) is 20.0 Å². The quantitative estimate of drug-likeness (QED) is 0.615. The van der Waals surface area contributed by atoms with Crippen LogP contribution in [0.4, 0.5) is 0 Å². The second-order valence-electron chi connectivity index (χ2n) is 5.03. The fourth-order valence-electron chi connectivity index (χ4n) is 2.86. The van der Waals surface area contributed by atoms with Crippen LogP contribution in [0.15, 0.2) is 18.3 Å². The standard InChI is InChI=1S/C16H21NO4/c1-3-20-15(18)13(16(19)21-4-2)12-9-5-7-11-8-6-10-17-14(11)12/h6,8,10,12-13H,3-5,7,9H2,1-2H3. The average Bonchev–Trinajstić information content (AvgIpc) is 2.48. The van der Waals surface area contributed by atoms with Gasteiger partial charge < -0.3 is 9.47 Å². The molecule has 114 valence electrons. The third-order valence-corrected chi connectivity index (χ3v) is 3.72. The summed E-state index contributed by atoms with van der Waals surface area (Å²) >= 11 is 0. The third kappa shape index (κ3) is 3.40. The van der Waals surface area contributed by atoms with Crippen LogP contribution in [0.3, 0.4) is 0 Å². The van der Waals surface area contributed by atoms with Gasteiger partial charge in [0.05, 0.1) is 13.2 Å². The highest BCUT2D eigenvalue weighted by atomic mass is 16.6. The van der Waals surface area contributed by atoms with Crippen molar-refractivity contribution in [3.05, 3.63) is 29.6 Å². The predicted molar refractivity (Wildman–Crippen MR) is 76.7 cm³/mol. The average molecular weight is 291 g/mol. The van der Waals surface area contributed by atoms with Gasteiger partial charge in [-0.25, -0.2) is 0 Å². The van der Waals surface area contributed by atoms with Crippen LogP contribution in [0.5, 0.6) is 0 Å². The van der Waals surface area contributed by atoms with Gasteiger partial charge in [-0.1, -0.05) is 6.07 Å². The Labute approximate surface area is 124 Å². The Bertz CT molecular complexity index is 497. The van der Waals surface area contributed by atoms with E-state index in [0.717, 1.165) is 30.5 Å². The maximum absolute atomic E-state index is 12.2. The number of ether oxygens (including phenoxy) is 2. The number of esters is 2. The lowest BCUT2D eigenvalue weighted by Gasteiger charge is -2.28. The molecule has 2 rings (SSSR count). The first-order valence-corrected chi connectivity index (χ1v) is 7.46. The first kappa shape index (κ1) is 15.5. The highest BCUT2D eigenvalue weighted by Gasteiger charge is 2.40. The molecular formula is C16H21NO4. The molecule has 1 aliphatic carbocycles. The van der Waals surface area contributed by atoms with E-state index < -0.39 is 17.9 Å². The zero-order valence-corrected chi connectivity index (χ0v) is 12.5. The van der Waals surface area contributed by atoms with Crippen LogP contribution in [-0.2, 0) is 25.5 Å². The number of carbonyl (C=O) groups excluding carboxylic acids is 2. The summed E-state index contributed by atoms with van der Waals surface area (Å²) < 4.78 is 10.1. The van der Waals surface area contributed by atoms with Gasteiger partial charge in [0.25, 0.3) is 0 Å². The fourth-order valence-corrected chi connectivity index (χ4v) is 2.86. The van der Waals surface area contributed by atoms with E-state index >= 15 is 0 Å². The highest BCUT2D eigenvalue weighted by molar-refractivity contribution is 5.96. The molecule has 0 aliphatic heterocycles. The largest absolute Gasteiger partial charge is 0.465 e. The molecule has 5 heteroatoms. The lowest BCUT2D eigenvalue weighted by molar-refractivity contribution is -0.163. The van der Waals surface area contributed by atoms with E-state index in [9.17, 15) is 9.59 Å². The molecule has 0 radical (unpaired) electrons. The summed E-state index contributed by atoms with van der Waals surface area (Å²) in [6, 6.07) is 3.88. The molecule has 5 nitrogen and oxygen atoms in total. The van der Waals surface area contributed by atoms with Crippen molar-refractivity contribution in [1.82, 2.24) is 4.98 Å². The molecule has 0 saturated carbocycles. The van der Waals surface area contributed by atoms with Crippen LogP contribution in [0.2, 0.25) is 0 Å². The number of aryl methyl sites for hydroxylation is 1. The van der Waals surface area contributed by atoms with Gasteiger partial charge >= 0.3 is 11.9 Å². The van der Waals surface area contributed by atoms with Gasteiger partial charge in [0.2, 0.25) is 0 Å². The SMILES string of the molecule is CCOC(=O)C(C(=O)OCC)C1CCCc2cccnc21. The number of pyridine rings is 1. The second-order valence-corrected chi connectivity index (χ2v) is 5.03. The summed E-state index contributed by atoms with van der Waals surface area (Å²) in [5, 5.41) is 0. The summed E-state index contributed by atoms with van der Waals surface area (Å²) in [7, 11) is 0. The molecule has 1 unspecified atom stereocenters. The molecule has 1 aromatic rings. The van der Waals surface area contributed by atoms with Crippen molar-refractivity contribution in [3.63, 3.8) is 0 Å². The van der Waals surface area contributed by atoms with Crippen molar-refractivity contribution in [2.75, 3.05) is 13.2 Å². The molecular weight excluding hydrogens is 270 g/mol. The van der Waals surface area contributed by atoms with Crippen LogP contribution in [0.1, 0.15) is 43.9 Å². The molecule has 0 N–H and O–H groups in total. The molecule has 0 bridgehead atoms. The summed E-state index contributed by atoms with van der Waals surface area (Å²) in [6.45, 7) is 3.95. The normalized spacial score (nSPS) is 17.2. The van der Waals surface area contributed by atoms with Gasteiger partial charge in [0.15, 0.2) is 5.92 Å². The van der Waals surface area contributed by atoms with E-state index in [0.29, 0.717) is 0 Å². The predicted octanol–water partition coefficient (Wildman–Crippen LogP) is 2.24. The topological polar surface area (TPSA) is 65.5 Å². The van der Waals surface area contributed by atoms with Gasteiger partial charge in [0, 0.05) is 17.8 Å². The lowest BCUT2D eigenvalue weighted by Crippen LogP contribution is -2.35. The van der Waals surface area contributed by atoms with E-state index in [2.05, 4.69) is 4.98 Å². The zero-order valence-electron chi connectivity index (χ0n) is 12.5. The van der Waals surface area contributed by atoms with Crippen molar-refractivity contribution in [3.8, 4) is 0 Å². The van der Waals surface area contributed by atoms with Crippen molar-refractivity contribution < 1.29 is 19.1 Å². The number of aromatic nitrogens is 1. The van der Waals surface area contributed by atoms with Crippen LogP contribution in [-0.4, -0.2) is 30.1 Å². The van der Waals surface area contributed by atoms with Gasteiger partial charge in [-0.2, -0.15) is 0 Å². The molecule has 1 heterocycles. The van der Waals surface area contributed by atoms with Crippen LogP contribution in [0, 0.1) is 5.92 Å². The summed E-state index contributed by atoms with van der Waals surface area (Å²) in [5.74, 6) is -2.20. The number of nitrogens with zero attached hydrogens (tertiary/aromatic N) is 1. The molecule has 1 atom stereocenters. The Hall–Kier alpha value is -1.91. The van der Waals surface area contributed by atoms with Gasteiger partial charge in [-0.05, 0) is 44.7 Å². The van der Waals surface area contributed by atoms with E-state index in [4.69, 9.17) is 9.47 Å². The molecule has 0 aromatic carbocycles. The summed E-state index contributed by atoms with van der Waals surface area (Å²) in [4.78, 5) is 28.8. The Kier molecular flexibility index (Phi) is 5.31. The van der Waals surface area contributed by atoms with Gasteiger partial charge in [-0.15, -0.1) is 0 Å². The van der Waals surface area contributed by atoms with Crippen LogP contribution in [0.25, 0.3) is 0 Å². The van der Waals surface area contributed by atoms with Crippen molar-refractivity contribution in [2.45, 2.75) is 39.0 Å². The molecule has 1 aromatic heterocycles. The monoisotopic (exact) mass is 291 g/mol. The van der Waals surface area contributed by atoms with Crippen LogP contribution >= 0.6 is 0 Å². The third-order valence-electron chi connectivity index (χ3n) is 3.72. The zero-order chi connectivity index (χ0) is 15.2. The number of hydrogen-bond acceptors (Lipinski definition) is 5. The van der Waals surface area contributed by atoms with Crippen LogP contribution < -0.4 is 0 Å². The maximum atomic E-state index is 12.2. The fraction of sp³-hybridized carbons (Fsp3) is 0.562. The van der Waals surface area contributed by atoms with E-state index in [-0.39, 0.29) is 19.1 Å². The number of hydrogen-bond donors (Lipinski definition) is 0. The molecule has 0 amide bonds. The smallest absolute Gasteiger partial charge is 0.321 e. The first-order chi connectivity index (χ1) is 10.2. The second kappa shape index (κ2) is 7.20. The van der Waals surface area contributed by atoms with Gasteiger partial charge in [-0.3, -0.25) is 14.6 Å². The van der Waals surface area contributed by atoms with Gasteiger partial charge in [0.1, 0.15) is 0 Å².